The Morgan fingerprint density at radius 3 is 2.68 bits per heavy atom. The highest BCUT2D eigenvalue weighted by atomic mass is 127. The molecule has 0 saturated carbocycles. The zero-order valence-corrected chi connectivity index (χ0v) is 16.3. The van der Waals surface area contributed by atoms with Crippen molar-refractivity contribution in [3.05, 3.63) is 46.9 Å². The van der Waals surface area contributed by atoms with Crippen molar-refractivity contribution in [2.24, 2.45) is 10.9 Å². The molecule has 4 nitrogen and oxygen atoms in total. The second-order valence-electron chi connectivity index (χ2n) is 5.19. The second kappa shape index (κ2) is 10.7. The number of rotatable bonds is 7. The molecule has 0 amide bonds. The quantitative estimate of drug-likeness (QED) is 0.401. The molecule has 2 aromatic heterocycles. The largest absolute Gasteiger partial charge is 0.356 e. The average Bonchev–Trinajstić information content (AvgIpc) is 3.16. The first-order valence-electron chi connectivity index (χ1n) is 7.35. The van der Waals surface area contributed by atoms with Gasteiger partial charge in [-0.05, 0) is 35.9 Å². The molecule has 2 aromatic rings. The molecule has 0 saturated heterocycles. The van der Waals surface area contributed by atoms with Gasteiger partial charge in [0.2, 0.25) is 0 Å². The van der Waals surface area contributed by atoms with Crippen LogP contribution >= 0.6 is 35.3 Å². The number of nitrogens with zero attached hydrogens (tertiary/aromatic N) is 2. The Morgan fingerprint density at radius 1 is 1.27 bits per heavy atom. The maximum Gasteiger partial charge on any atom is 0.191 e. The van der Waals surface area contributed by atoms with E-state index in [0.717, 1.165) is 32.0 Å². The molecule has 2 N–H and O–H groups in total. The number of hydrogen-bond acceptors (Lipinski definition) is 2. The minimum atomic E-state index is 0. The number of aliphatic imine (C=N–C) groups is 1. The normalized spacial score (nSPS) is 12.5. The summed E-state index contributed by atoms with van der Waals surface area (Å²) in [6, 6.07) is 8.39. The van der Waals surface area contributed by atoms with Crippen molar-refractivity contribution in [3.63, 3.8) is 0 Å². The van der Waals surface area contributed by atoms with Crippen LogP contribution in [0.15, 0.2) is 47.0 Å². The summed E-state index contributed by atoms with van der Waals surface area (Å²) in [6.07, 6.45) is 5.26. The number of hydrogen-bond donors (Lipinski definition) is 2. The Bertz CT molecular complexity index is 522. The van der Waals surface area contributed by atoms with Crippen molar-refractivity contribution in [1.82, 2.24) is 15.2 Å². The molecule has 2 heterocycles. The molecule has 0 fully saturated rings. The fourth-order valence-electron chi connectivity index (χ4n) is 2.16. The van der Waals surface area contributed by atoms with Gasteiger partial charge in [-0.3, -0.25) is 4.99 Å². The number of nitrogens with one attached hydrogen (secondary N) is 2. The van der Waals surface area contributed by atoms with Crippen LogP contribution in [0.2, 0.25) is 0 Å². The molecule has 1 unspecified atom stereocenters. The maximum atomic E-state index is 4.26. The lowest BCUT2D eigenvalue weighted by Gasteiger charge is -2.15. The minimum Gasteiger partial charge on any atom is -0.356 e. The molecule has 2 rings (SSSR count). The lowest BCUT2D eigenvalue weighted by molar-refractivity contribution is 0.559. The highest BCUT2D eigenvalue weighted by Gasteiger charge is 2.05. The Kier molecular flexibility index (Phi) is 9.22. The van der Waals surface area contributed by atoms with Gasteiger partial charge in [-0.25, -0.2) is 0 Å². The van der Waals surface area contributed by atoms with Crippen molar-refractivity contribution in [1.29, 1.82) is 0 Å². The second-order valence-corrected chi connectivity index (χ2v) is 6.22. The number of halogens is 1. The Balaban J connectivity index is 0.00000242. The van der Waals surface area contributed by atoms with E-state index in [1.165, 1.54) is 4.88 Å². The summed E-state index contributed by atoms with van der Waals surface area (Å²) in [7, 11) is 1.81. The van der Waals surface area contributed by atoms with Crippen LogP contribution in [0.4, 0.5) is 0 Å². The van der Waals surface area contributed by atoms with Crippen molar-refractivity contribution in [2.45, 2.75) is 19.9 Å². The lowest BCUT2D eigenvalue weighted by atomic mass is 10.1. The molecular weight excluding hydrogens is 407 g/mol. The van der Waals surface area contributed by atoms with Gasteiger partial charge in [0.15, 0.2) is 5.96 Å². The maximum absolute atomic E-state index is 4.26. The molecule has 0 aliphatic carbocycles. The molecule has 0 aliphatic rings. The SMILES string of the molecule is CN=C(NCCn1cccc1)NCC(C)Cc1cccs1.I. The molecule has 0 radical (unpaired) electrons. The average molecular weight is 432 g/mol. The van der Waals surface area contributed by atoms with E-state index in [1.807, 2.05) is 30.5 Å². The summed E-state index contributed by atoms with van der Waals surface area (Å²) in [5.74, 6) is 1.46. The summed E-state index contributed by atoms with van der Waals surface area (Å²) < 4.78 is 2.15. The van der Waals surface area contributed by atoms with E-state index >= 15 is 0 Å². The first-order valence-corrected chi connectivity index (χ1v) is 8.23. The molecule has 1 atom stereocenters. The van der Waals surface area contributed by atoms with Crippen molar-refractivity contribution in [3.8, 4) is 0 Å². The molecular formula is C16H25IN4S. The highest BCUT2D eigenvalue weighted by Crippen LogP contribution is 2.13. The van der Waals surface area contributed by atoms with Crippen LogP contribution in [-0.4, -0.2) is 30.7 Å². The van der Waals surface area contributed by atoms with E-state index in [9.17, 15) is 0 Å². The zero-order valence-electron chi connectivity index (χ0n) is 13.2. The standard InChI is InChI=1S/C16H24N4S.HI/c1-14(12-15-6-5-11-21-15)13-19-16(17-2)18-7-10-20-8-3-4-9-20;/h3-6,8-9,11,14H,7,10,12-13H2,1-2H3,(H2,17,18,19);1H. The van der Waals surface area contributed by atoms with Crippen LogP contribution in [0.1, 0.15) is 11.8 Å². The van der Waals surface area contributed by atoms with Crippen LogP contribution < -0.4 is 10.6 Å². The zero-order chi connectivity index (χ0) is 14.9. The fraction of sp³-hybridized carbons (Fsp3) is 0.438. The van der Waals surface area contributed by atoms with Gasteiger partial charge in [-0.1, -0.05) is 13.0 Å². The third kappa shape index (κ3) is 6.83. The van der Waals surface area contributed by atoms with E-state index in [2.05, 4.69) is 57.0 Å². The Hall–Kier alpha value is -1.02. The Morgan fingerprint density at radius 2 is 2.05 bits per heavy atom. The van der Waals surface area contributed by atoms with E-state index in [4.69, 9.17) is 0 Å². The number of aromatic nitrogens is 1. The molecule has 0 spiro atoms. The van der Waals surface area contributed by atoms with Gasteiger partial charge in [0, 0.05) is 44.0 Å². The topological polar surface area (TPSA) is 41.4 Å². The van der Waals surface area contributed by atoms with Gasteiger partial charge >= 0.3 is 0 Å². The summed E-state index contributed by atoms with van der Waals surface area (Å²) in [4.78, 5) is 5.71. The summed E-state index contributed by atoms with van der Waals surface area (Å²) in [6.45, 7) is 5.01. The summed E-state index contributed by atoms with van der Waals surface area (Å²) in [5.41, 5.74) is 0. The van der Waals surface area contributed by atoms with Gasteiger partial charge in [0.1, 0.15) is 0 Å². The predicted molar refractivity (Wildman–Crippen MR) is 106 cm³/mol. The molecule has 0 aliphatic heterocycles. The third-order valence-electron chi connectivity index (χ3n) is 3.30. The van der Waals surface area contributed by atoms with Gasteiger partial charge in [0.05, 0.1) is 0 Å². The van der Waals surface area contributed by atoms with Crippen molar-refractivity contribution >= 4 is 41.3 Å². The minimum absolute atomic E-state index is 0. The highest BCUT2D eigenvalue weighted by molar-refractivity contribution is 14.0. The van der Waals surface area contributed by atoms with Gasteiger partial charge < -0.3 is 15.2 Å². The van der Waals surface area contributed by atoms with Crippen LogP contribution in [0.3, 0.4) is 0 Å². The van der Waals surface area contributed by atoms with Gasteiger partial charge in [-0.2, -0.15) is 0 Å². The van der Waals surface area contributed by atoms with Crippen LogP contribution in [0.25, 0.3) is 0 Å². The molecule has 0 aromatic carbocycles. The summed E-state index contributed by atoms with van der Waals surface area (Å²) in [5, 5.41) is 8.87. The van der Waals surface area contributed by atoms with E-state index in [-0.39, 0.29) is 24.0 Å². The van der Waals surface area contributed by atoms with Crippen LogP contribution in [0, 0.1) is 5.92 Å². The van der Waals surface area contributed by atoms with Crippen molar-refractivity contribution in [2.75, 3.05) is 20.1 Å². The smallest absolute Gasteiger partial charge is 0.191 e. The summed E-state index contributed by atoms with van der Waals surface area (Å²) >= 11 is 1.83. The fourth-order valence-corrected chi connectivity index (χ4v) is 3.03. The first kappa shape index (κ1) is 19.0. The van der Waals surface area contributed by atoms with E-state index in [0.29, 0.717) is 5.92 Å². The molecule has 22 heavy (non-hydrogen) atoms. The number of thiophene rings is 1. The van der Waals surface area contributed by atoms with Crippen LogP contribution in [0.5, 0.6) is 0 Å². The predicted octanol–water partition coefficient (Wildman–Crippen LogP) is 3.21. The lowest BCUT2D eigenvalue weighted by Crippen LogP contribution is -2.40. The van der Waals surface area contributed by atoms with Crippen LogP contribution in [-0.2, 0) is 13.0 Å². The van der Waals surface area contributed by atoms with E-state index in [1.54, 1.807) is 0 Å². The van der Waals surface area contributed by atoms with Crippen molar-refractivity contribution < 1.29 is 0 Å². The first-order chi connectivity index (χ1) is 10.3. The third-order valence-corrected chi connectivity index (χ3v) is 4.20. The molecule has 6 heteroatoms. The van der Waals surface area contributed by atoms with Gasteiger partial charge in [-0.15, -0.1) is 35.3 Å². The monoisotopic (exact) mass is 432 g/mol. The van der Waals surface area contributed by atoms with E-state index < -0.39 is 0 Å². The molecule has 0 bridgehead atoms. The molecule has 122 valence electrons. The number of guanidine groups is 1. The Labute approximate surface area is 154 Å². The van der Waals surface area contributed by atoms with Gasteiger partial charge in [0.25, 0.3) is 0 Å².